The van der Waals surface area contributed by atoms with Crippen LogP contribution in [0.1, 0.15) is 12.0 Å². The summed E-state index contributed by atoms with van der Waals surface area (Å²) in [5.74, 6) is -0.127. The van der Waals surface area contributed by atoms with Crippen LogP contribution in [0.15, 0.2) is 29.3 Å². The molecule has 2 heterocycles. The zero-order valence-corrected chi connectivity index (χ0v) is 11.9. The van der Waals surface area contributed by atoms with Crippen molar-refractivity contribution in [2.45, 2.75) is 18.6 Å². The predicted molar refractivity (Wildman–Crippen MR) is 79.8 cm³/mol. The summed E-state index contributed by atoms with van der Waals surface area (Å²) in [4.78, 5) is 30.1. The number of carbonyl (C=O) groups is 2. The summed E-state index contributed by atoms with van der Waals surface area (Å²) < 4.78 is 0. The molecule has 6 heteroatoms. The van der Waals surface area contributed by atoms with E-state index in [1.165, 1.54) is 11.8 Å². The lowest BCUT2D eigenvalue weighted by atomic mass is 10.2. The van der Waals surface area contributed by atoms with Gasteiger partial charge in [0.15, 0.2) is 5.17 Å². The average molecular weight is 289 g/mol. The molecule has 0 radical (unpaired) electrons. The molecule has 3 rings (SSSR count). The van der Waals surface area contributed by atoms with E-state index >= 15 is 0 Å². The Morgan fingerprint density at radius 2 is 2.30 bits per heavy atom. The third-order valence-electron chi connectivity index (χ3n) is 3.38. The number of rotatable bonds is 3. The van der Waals surface area contributed by atoms with E-state index < -0.39 is 0 Å². The van der Waals surface area contributed by atoms with Crippen molar-refractivity contribution in [3.05, 3.63) is 29.8 Å². The molecule has 0 bridgehead atoms. The van der Waals surface area contributed by atoms with Crippen molar-refractivity contribution in [2.75, 3.05) is 18.4 Å². The number of benzene rings is 1. The van der Waals surface area contributed by atoms with Crippen molar-refractivity contribution in [3.8, 4) is 0 Å². The summed E-state index contributed by atoms with van der Waals surface area (Å²) in [6, 6.07) is 7.60. The highest BCUT2D eigenvalue weighted by molar-refractivity contribution is 8.15. The number of amides is 2. The van der Waals surface area contributed by atoms with Crippen LogP contribution >= 0.6 is 11.8 Å². The highest BCUT2D eigenvalue weighted by Crippen LogP contribution is 2.31. The van der Waals surface area contributed by atoms with E-state index in [0.29, 0.717) is 13.1 Å². The molecule has 0 spiro atoms. The molecule has 20 heavy (non-hydrogen) atoms. The third-order valence-corrected chi connectivity index (χ3v) is 4.59. The van der Waals surface area contributed by atoms with Crippen LogP contribution in [0.5, 0.6) is 0 Å². The minimum atomic E-state index is -0.335. The highest BCUT2D eigenvalue weighted by atomic mass is 32.2. The van der Waals surface area contributed by atoms with Gasteiger partial charge in [-0.25, -0.2) is 0 Å². The molecule has 0 aliphatic carbocycles. The molecule has 0 aromatic heterocycles. The molecule has 1 saturated heterocycles. The number of hydrogen-bond donors (Lipinski definition) is 1. The summed E-state index contributed by atoms with van der Waals surface area (Å²) in [6.07, 6.45) is 0.188. The van der Waals surface area contributed by atoms with Crippen LogP contribution in [-0.4, -0.2) is 40.2 Å². The Hall–Kier alpha value is -1.82. The Balaban J connectivity index is 1.63. The monoisotopic (exact) mass is 289 g/mol. The van der Waals surface area contributed by atoms with Crippen LogP contribution in [0, 0.1) is 6.92 Å². The second-order valence-electron chi connectivity index (χ2n) is 4.83. The van der Waals surface area contributed by atoms with Crippen molar-refractivity contribution in [2.24, 2.45) is 4.99 Å². The SMILES string of the molecule is Cc1ccccc1NC(=O)C[C@H]1SC2=NCCN2C1=O. The van der Waals surface area contributed by atoms with Crippen molar-refractivity contribution in [1.29, 1.82) is 0 Å². The van der Waals surface area contributed by atoms with Gasteiger partial charge in [0.05, 0.1) is 6.54 Å². The molecule has 2 amide bonds. The molecule has 5 nitrogen and oxygen atoms in total. The van der Waals surface area contributed by atoms with E-state index in [9.17, 15) is 9.59 Å². The normalized spacial score (nSPS) is 20.9. The van der Waals surface area contributed by atoms with E-state index in [2.05, 4.69) is 10.3 Å². The van der Waals surface area contributed by atoms with Gasteiger partial charge in [-0.15, -0.1) is 0 Å². The number of para-hydroxylation sites is 1. The fourth-order valence-corrected chi connectivity index (χ4v) is 3.49. The molecule has 104 valence electrons. The number of aliphatic imine (C=N–C) groups is 1. The fourth-order valence-electron chi connectivity index (χ4n) is 2.30. The average Bonchev–Trinajstić information content (AvgIpc) is 2.97. The predicted octanol–water partition coefficient (Wildman–Crippen LogP) is 1.64. The maximum Gasteiger partial charge on any atom is 0.242 e. The second-order valence-corrected chi connectivity index (χ2v) is 6.00. The van der Waals surface area contributed by atoms with Gasteiger partial charge in [-0.1, -0.05) is 30.0 Å². The largest absolute Gasteiger partial charge is 0.326 e. The maximum absolute atomic E-state index is 12.1. The molecular formula is C14H15N3O2S. The molecule has 0 saturated carbocycles. The zero-order chi connectivity index (χ0) is 14.1. The summed E-state index contributed by atoms with van der Waals surface area (Å²) in [5, 5.41) is 3.29. The van der Waals surface area contributed by atoms with Gasteiger partial charge in [-0.2, -0.15) is 0 Å². The first-order valence-corrected chi connectivity index (χ1v) is 7.41. The molecule has 1 aromatic carbocycles. The van der Waals surface area contributed by atoms with Gasteiger partial charge in [0.25, 0.3) is 0 Å². The zero-order valence-electron chi connectivity index (χ0n) is 11.1. The standard InChI is InChI=1S/C14H15N3O2S/c1-9-4-2-3-5-10(9)16-12(18)8-11-13(19)17-7-6-15-14(17)20-11/h2-5,11H,6-8H2,1H3,(H,16,18)/t11-/m1/s1. The first kappa shape index (κ1) is 13.2. The van der Waals surface area contributed by atoms with Crippen molar-refractivity contribution < 1.29 is 9.59 Å². The number of nitrogens with zero attached hydrogens (tertiary/aromatic N) is 2. The van der Waals surface area contributed by atoms with Crippen LogP contribution in [-0.2, 0) is 9.59 Å². The van der Waals surface area contributed by atoms with Gasteiger partial charge in [-0.05, 0) is 18.6 Å². The van der Waals surface area contributed by atoms with E-state index in [0.717, 1.165) is 16.4 Å². The Morgan fingerprint density at radius 3 is 3.05 bits per heavy atom. The quantitative estimate of drug-likeness (QED) is 0.920. The first-order chi connectivity index (χ1) is 9.65. The topological polar surface area (TPSA) is 61.8 Å². The minimum Gasteiger partial charge on any atom is -0.326 e. The van der Waals surface area contributed by atoms with Gasteiger partial charge < -0.3 is 5.32 Å². The number of hydrogen-bond acceptors (Lipinski definition) is 4. The summed E-state index contributed by atoms with van der Waals surface area (Å²) in [5.41, 5.74) is 1.81. The van der Waals surface area contributed by atoms with E-state index in [-0.39, 0.29) is 23.5 Å². The number of fused-ring (bicyclic) bond motifs is 1. The fraction of sp³-hybridized carbons (Fsp3) is 0.357. The smallest absolute Gasteiger partial charge is 0.242 e. The molecule has 1 fully saturated rings. The highest BCUT2D eigenvalue weighted by Gasteiger charge is 2.40. The molecule has 0 unspecified atom stereocenters. The Morgan fingerprint density at radius 1 is 1.50 bits per heavy atom. The minimum absolute atomic E-state index is 0.00573. The van der Waals surface area contributed by atoms with Crippen molar-refractivity contribution >= 4 is 34.4 Å². The summed E-state index contributed by atoms with van der Waals surface area (Å²) >= 11 is 1.40. The van der Waals surface area contributed by atoms with Crippen molar-refractivity contribution in [3.63, 3.8) is 0 Å². The number of aryl methyl sites for hydroxylation is 1. The van der Waals surface area contributed by atoms with Crippen LogP contribution in [0.4, 0.5) is 5.69 Å². The number of carbonyl (C=O) groups excluding carboxylic acids is 2. The third kappa shape index (κ3) is 2.43. The lowest BCUT2D eigenvalue weighted by Gasteiger charge is -2.11. The van der Waals surface area contributed by atoms with Crippen LogP contribution in [0.3, 0.4) is 0 Å². The van der Waals surface area contributed by atoms with Gasteiger partial charge in [0, 0.05) is 18.7 Å². The van der Waals surface area contributed by atoms with Gasteiger partial charge in [-0.3, -0.25) is 19.5 Å². The maximum atomic E-state index is 12.1. The lowest BCUT2D eigenvalue weighted by Crippen LogP contribution is -2.32. The molecular weight excluding hydrogens is 274 g/mol. The number of nitrogens with one attached hydrogen (secondary N) is 1. The Labute approximate surface area is 121 Å². The molecule has 2 aliphatic heterocycles. The Bertz CT molecular complexity index is 600. The second kappa shape index (κ2) is 5.28. The van der Waals surface area contributed by atoms with Crippen LogP contribution in [0.2, 0.25) is 0 Å². The van der Waals surface area contributed by atoms with Gasteiger partial charge in [0.2, 0.25) is 11.8 Å². The van der Waals surface area contributed by atoms with Gasteiger partial charge in [0.1, 0.15) is 5.25 Å². The molecule has 2 aliphatic rings. The van der Waals surface area contributed by atoms with Crippen molar-refractivity contribution in [1.82, 2.24) is 4.90 Å². The molecule has 1 N–H and O–H groups in total. The van der Waals surface area contributed by atoms with E-state index in [1.54, 1.807) is 4.90 Å². The van der Waals surface area contributed by atoms with E-state index in [4.69, 9.17) is 0 Å². The summed E-state index contributed by atoms with van der Waals surface area (Å²) in [7, 11) is 0. The summed E-state index contributed by atoms with van der Waals surface area (Å²) in [6.45, 7) is 3.27. The van der Waals surface area contributed by atoms with Gasteiger partial charge >= 0.3 is 0 Å². The number of thioether (sulfide) groups is 1. The molecule has 1 aromatic rings. The Kier molecular flexibility index (Phi) is 3.48. The lowest BCUT2D eigenvalue weighted by molar-refractivity contribution is -0.127. The van der Waals surface area contributed by atoms with Crippen LogP contribution in [0.25, 0.3) is 0 Å². The van der Waals surface area contributed by atoms with Crippen LogP contribution < -0.4 is 5.32 Å². The van der Waals surface area contributed by atoms with E-state index in [1.807, 2.05) is 31.2 Å². The first-order valence-electron chi connectivity index (χ1n) is 6.53. The molecule has 1 atom stereocenters. The number of amidine groups is 1. The number of anilines is 1.